The van der Waals surface area contributed by atoms with Gasteiger partial charge in [0.25, 0.3) is 5.91 Å². The molecule has 0 bridgehead atoms. The summed E-state index contributed by atoms with van der Waals surface area (Å²) in [6.07, 6.45) is 0. The maximum Gasteiger partial charge on any atom is 0.253 e. The Bertz CT molecular complexity index is 651. The molecular weight excluding hydrogens is 314 g/mol. The van der Waals surface area contributed by atoms with Crippen molar-refractivity contribution in [2.24, 2.45) is 0 Å². The molecule has 0 radical (unpaired) electrons. The molecule has 2 rings (SSSR count). The Labute approximate surface area is 143 Å². The van der Waals surface area contributed by atoms with Crippen molar-refractivity contribution in [2.45, 2.75) is 13.8 Å². The van der Waals surface area contributed by atoms with Crippen LogP contribution >= 0.6 is 12.4 Å². The monoisotopic (exact) mass is 337 g/mol. The van der Waals surface area contributed by atoms with Crippen molar-refractivity contribution in [3.8, 4) is 11.4 Å². The van der Waals surface area contributed by atoms with Gasteiger partial charge in [-0.05, 0) is 51.2 Å². The molecule has 2 aromatic rings. The van der Waals surface area contributed by atoms with E-state index in [1.165, 1.54) is 0 Å². The predicted octanol–water partition coefficient (Wildman–Crippen LogP) is 2.47. The summed E-state index contributed by atoms with van der Waals surface area (Å²) in [7, 11) is 3.51. The fourth-order valence-electron chi connectivity index (χ4n) is 2.52. The van der Waals surface area contributed by atoms with Crippen molar-refractivity contribution < 1.29 is 9.53 Å². The van der Waals surface area contributed by atoms with E-state index >= 15 is 0 Å². The van der Waals surface area contributed by atoms with Crippen LogP contribution in [0.25, 0.3) is 5.69 Å². The van der Waals surface area contributed by atoms with Gasteiger partial charge in [0.2, 0.25) is 0 Å². The van der Waals surface area contributed by atoms with E-state index in [9.17, 15) is 4.79 Å². The van der Waals surface area contributed by atoms with E-state index in [1.54, 1.807) is 7.11 Å². The summed E-state index contributed by atoms with van der Waals surface area (Å²) in [5.41, 5.74) is 3.69. The molecule has 0 aliphatic carbocycles. The predicted molar refractivity (Wildman–Crippen MR) is 95.3 cm³/mol. The Morgan fingerprint density at radius 2 is 1.83 bits per heavy atom. The third kappa shape index (κ3) is 4.27. The molecule has 2 N–H and O–H groups in total. The van der Waals surface area contributed by atoms with Gasteiger partial charge in [0, 0.05) is 30.2 Å². The third-order valence-corrected chi connectivity index (χ3v) is 3.67. The molecular formula is C17H24ClN3O2. The standard InChI is InChI=1S/C17H23N3O2.ClH/c1-12-11-16(17(21)19-10-9-18-3)13(2)20(12)14-5-7-15(22-4)8-6-14;/h5-8,11,18H,9-10H2,1-4H3,(H,19,21);1H. The van der Waals surface area contributed by atoms with Crippen LogP contribution in [0.5, 0.6) is 5.75 Å². The van der Waals surface area contributed by atoms with Gasteiger partial charge in [-0.25, -0.2) is 0 Å². The number of rotatable bonds is 6. The number of halogens is 1. The molecule has 0 fully saturated rings. The van der Waals surface area contributed by atoms with Crippen LogP contribution in [0.1, 0.15) is 21.7 Å². The quantitative estimate of drug-likeness (QED) is 0.796. The first-order valence-corrected chi connectivity index (χ1v) is 7.34. The van der Waals surface area contributed by atoms with Crippen LogP contribution < -0.4 is 15.4 Å². The van der Waals surface area contributed by atoms with Gasteiger partial charge in [-0.15, -0.1) is 12.4 Å². The Morgan fingerprint density at radius 3 is 2.39 bits per heavy atom. The van der Waals surface area contributed by atoms with E-state index < -0.39 is 0 Å². The Balaban J connectivity index is 0.00000264. The lowest BCUT2D eigenvalue weighted by Gasteiger charge is -2.11. The van der Waals surface area contributed by atoms with Crippen molar-refractivity contribution >= 4 is 18.3 Å². The molecule has 126 valence electrons. The van der Waals surface area contributed by atoms with Crippen LogP contribution in [0, 0.1) is 13.8 Å². The molecule has 23 heavy (non-hydrogen) atoms. The highest BCUT2D eigenvalue weighted by Crippen LogP contribution is 2.22. The second-order valence-electron chi connectivity index (χ2n) is 5.18. The molecule has 0 aliphatic heterocycles. The normalized spacial score (nSPS) is 10.1. The van der Waals surface area contributed by atoms with Gasteiger partial charge in [-0.2, -0.15) is 0 Å². The number of hydrogen-bond acceptors (Lipinski definition) is 3. The molecule has 0 unspecified atom stereocenters. The van der Waals surface area contributed by atoms with Gasteiger partial charge in [0.05, 0.1) is 12.7 Å². The van der Waals surface area contributed by atoms with Crippen LogP contribution in [0.15, 0.2) is 30.3 Å². The van der Waals surface area contributed by atoms with E-state index in [4.69, 9.17) is 4.74 Å². The molecule has 1 heterocycles. The van der Waals surface area contributed by atoms with Crippen LogP contribution in [-0.4, -0.2) is 37.7 Å². The fraction of sp³-hybridized carbons (Fsp3) is 0.353. The number of ether oxygens (including phenoxy) is 1. The van der Waals surface area contributed by atoms with E-state index in [0.29, 0.717) is 12.1 Å². The first-order valence-electron chi connectivity index (χ1n) is 7.34. The van der Waals surface area contributed by atoms with E-state index in [-0.39, 0.29) is 18.3 Å². The minimum Gasteiger partial charge on any atom is -0.497 e. The number of amides is 1. The molecule has 0 saturated heterocycles. The Hall–Kier alpha value is -1.98. The van der Waals surface area contributed by atoms with Gasteiger partial charge in [0.1, 0.15) is 5.75 Å². The molecule has 0 saturated carbocycles. The minimum atomic E-state index is -0.0388. The summed E-state index contributed by atoms with van der Waals surface area (Å²) in [6.45, 7) is 5.33. The van der Waals surface area contributed by atoms with Crippen molar-refractivity contribution in [3.05, 3.63) is 47.3 Å². The summed E-state index contributed by atoms with van der Waals surface area (Å²) in [5.74, 6) is 0.777. The summed E-state index contributed by atoms with van der Waals surface area (Å²) < 4.78 is 7.26. The van der Waals surface area contributed by atoms with Crippen LogP contribution in [0.2, 0.25) is 0 Å². The number of benzene rings is 1. The largest absolute Gasteiger partial charge is 0.497 e. The lowest BCUT2D eigenvalue weighted by molar-refractivity contribution is 0.0953. The van der Waals surface area contributed by atoms with E-state index in [0.717, 1.165) is 29.4 Å². The van der Waals surface area contributed by atoms with Crippen molar-refractivity contribution in [3.63, 3.8) is 0 Å². The summed E-state index contributed by atoms with van der Waals surface area (Å²) in [5, 5.41) is 5.93. The molecule has 1 aromatic carbocycles. The fourth-order valence-corrected chi connectivity index (χ4v) is 2.52. The first-order chi connectivity index (χ1) is 10.6. The molecule has 0 spiro atoms. The van der Waals surface area contributed by atoms with Crippen molar-refractivity contribution in [2.75, 3.05) is 27.2 Å². The third-order valence-electron chi connectivity index (χ3n) is 3.67. The lowest BCUT2D eigenvalue weighted by atomic mass is 10.2. The average molecular weight is 338 g/mol. The molecule has 1 aromatic heterocycles. The van der Waals surface area contributed by atoms with Crippen LogP contribution in [0.3, 0.4) is 0 Å². The maximum absolute atomic E-state index is 12.3. The zero-order chi connectivity index (χ0) is 16.1. The number of aromatic nitrogens is 1. The Kier molecular flexibility index (Phi) is 7.13. The number of methoxy groups -OCH3 is 1. The average Bonchev–Trinajstić information content (AvgIpc) is 2.82. The second-order valence-corrected chi connectivity index (χ2v) is 5.18. The topological polar surface area (TPSA) is 55.3 Å². The summed E-state index contributed by atoms with van der Waals surface area (Å²) in [4.78, 5) is 12.3. The maximum atomic E-state index is 12.3. The number of carbonyl (C=O) groups is 1. The number of aryl methyl sites for hydroxylation is 1. The smallest absolute Gasteiger partial charge is 0.253 e. The minimum absolute atomic E-state index is 0. The first kappa shape index (κ1) is 19.1. The molecule has 6 heteroatoms. The second kappa shape index (κ2) is 8.60. The van der Waals surface area contributed by atoms with E-state index in [2.05, 4.69) is 15.2 Å². The molecule has 0 aliphatic rings. The highest BCUT2D eigenvalue weighted by molar-refractivity contribution is 5.95. The highest BCUT2D eigenvalue weighted by atomic mass is 35.5. The number of nitrogens with zero attached hydrogens (tertiary/aromatic N) is 1. The van der Waals surface area contributed by atoms with Crippen LogP contribution in [-0.2, 0) is 0 Å². The SMILES string of the molecule is CNCCNC(=O)c1cc(C)n(-c2ccc(OC)cc2)c1C.Cl. The number of likely N-dealkylation sites (N-methyl/N-ethyl adjacent to an activating group) is 1. The van der Waals surface area contributed by atoms with Gasteiger partial charge in [-0.1, -0.05) is 0 Å². The number of nitrogens with one attached hydrogen (secondary N) is 2. The van der Waals surface area contributed by atoms with Crippen LogP contribution in [0.4, 0.5) is 0 Å². The highest BCUT2D eigenvalue weighted by Gasteiger charge is 2.16. The number of carbonyl (C=O) groups excluding carboxylic acids is 1. The number of hydrogen-bond donors (Lipinski definition) is 2. The summed E-state index contributed by atoms with van der Waals surface area (Å²) in [6, 6.07) is 9.74. The van der Waals surface area contributed by atoms with Crippen molar-refractivity contribution in [1.82, 2.24) is 15.2 Å². The van der Waals surface area contributed by atoms with Gasteiger partial charge in [-0.3, -0.25) is 4.79 Å². The van der Waals surface area contributed by atoms with E-state index in [1.807, 2.05) is 51.2 Å². The molecule has 0 atom stereocenters. The van der Waals surface area contributed by atoms with Crippen molar-refractivity contribution in [1.29, 1.82) is 0 Å². The Morgan fingerprint density at radius 1 is 1.17 bits per heavy atom. The lowest BCUT2D eigenvalue weighted by Crippen LogP contribution is -2.30. The summed E-state index contributed by atoms with van der Waals surface area (Å²) >= 11 is 0. The molecule has 5 nitrogen and oxygen atoms in total. The van der Waals surface area contributed by atoms with Gasteiger partial charge >= 0.3 is 0 Å². The van der Waals surface area contributed by atoms with Gasteiger partial charge < -0.3 is 19.9 Å². The van der Waals surface area contributed by atoms with Gasteiger partial charge in [0.15, 0.2) is 0 Å². The zero-order valence-corrected chi connectivity index (χ0v) is 14.8. The zero-order valence-electron chi connectivity index (χ0n) is 14.0. The molecule has 1 amide bonds.